The van der Waals surface area contributed by atoms with Gasteiger partial charge in [-0.1, -0.05) is 13.8 Å². The van der Waals surface area contributed by atoms with Gasteiger partial charge >= 0.3 is 5.97 Å². The van der Waals surface area contributed by atoms with Crippen LogP contribution in [0, 0.1) is 0 Å². The number of carbonyl (C=O) groups is 1. The predicted octanol–water partition coefficient (Wildman–Crippen LogP) is 2.30. The van der Waals surface area contributed by atoms with E-state index in [-0.39, 0.29) is 5.97 Å². The van der Waals surface area contributed by atoms with Crippen LogP contribution in [0.2, 0.25) is 0 Å². The predicted molar refractivity (Wildman–Crippen MR) is 61.3 cm³/mol. The van der Waals surface area contributed by atoms with Crippen molar-refractivity contribution in [2.45, 2.75) is 27.3 Å². The lowest BCUT2D eigenvalue weighted by Gasteiger charge is -2.16. The van der Waals surface area contributed by atoms with E-state index in [2.05, 4.69) is 18.7 Å². The van der Waals surface area contributed by atoms with Gasteiger partial charge in [-0.15, -0.1) is 0 Å². The molecule has 4 heteroatoms. The number of hydrogen-bond acceptors (Lipinski definition) is 4. The van der Waals surface area contributed by atoms with Crippen LogP contribution in [0.5, 0.6) is 0 Å². The van der Waals surface area contributed by atoms with Gasteiger partial charge in [0.1, 0.15) is 11.3 Å². The topological polar surface area (TPSA) is 42.7 Å². The van der Waals surface area contributed by atoms with Crippen LogP contribution in [0.1, 0.15) is 36.9 Å². The first kappa shape index (κ1) is 12.8. The van der Waals surface area contributed by atoms with Crippen LogP contribution in [-0.4, -0.2) is 30.6 Å². The highest BCUT2D eigenvalue weighted by Crippen LogP contribution is 2.14. The van der Waals surface area contributed by atoms with Gasteiger partial charge < -0.3 is 9.15 Å². The second-order valence-corrected chi connectivity index (χ2v) is 3.44. The minimum atomic E-state index is -0.307. The summed E-state index contributed by atoms with van der Waals surface area (Å²) in [6.45, 7) is 8.84. The van der Waals surface area contributed by atoms with Crippen molar-refractivity contribution in [3.8, 4) is 0 Å². The Balaban J connectivity index is 2.73. The largest absolute Gasteiger partial charge is 0.467 e. The highest BCUT2D eigenvalue weighted by Gasteiger charge is 2.16. The third kappa shape index (κ3) is 3.10. The first-order valence-corrected chi connectivity index (χ1v) is 5.68. The number of nitrogens with zero attached hydrogens (tertiary/aromatic N) is 1. The van der Waals surface area contributed by atoms with Gasteiger partial charge in [-0.2, -0.15) is 0 Å². The molecule has 0 bridgehead atoms. The highest BCUT2D eigenvalue weighted by atomic mass is 16.5. The Morgan fingerprint density at radius 2 is 2.06 bits per heavy atom. The van der Waals surface area contributed by atoms with E-state index >= 15 is 0 Å². The van der Waals surface area contributed by atoms with E-state index in [4.69, 9.17) is 9.15 Å². The van der Waals surface area contributed by atoms with Gasteiger partial charge in [0.05, 0.1) is 19.4 Å². The van der Waals surface area contributed by atoms with Gasteiger partial charge in [0, 0.05) is 0 Å². The zero-order valence-electron chi connectivity index (χ0n) is 10.2. The molecule has 1 rings (SSSR count). The molecule has 0 saturated carbocycles. The van der Waals surface area contributed by atoms with Crippen LogP contribution in [0.4, 0.5) is 0 Å². The van der Waals surface area contributed by atoms with Crippen LogP contribution >= 0.6 is 0 Å². The van der Waals surface area contributed by atoms with Crippen molar-refractivity contribution in [1.82, 2.24) is 4.90 Å². The molecule has 0 N–H and O–H groups in total. The molecule has 16 heavy (non-hydrogen) atoms. The zero-order chi connectivity index (χ0) is 12.0. The number of rotatable bonds is 6. The fourth-order valence-corrected chi connectivity index (χ4v) is 1.50. The first-order chi connectivity index (χ1) is 7.72. The average molecular weight is 225 g/mol. The third-order valence-electron chi connectivity index (χ3n) is 2.50. The molecule has 1 heterocycles. The fraction of sp³-hybridized carbons (Fsp3) is 0.583. The molecular weight excluding hydrogens is 206 g/mol. The van der Waals surface area contributed by atoms with Gasteiger partial charge in [0.2, 0.25) is 0 Å². The van der Waals surface area contributed by atoms with E-state index in [1.54, 1.807) is 13.0 Å². The summed E-state index contributed by atoms with van der Waals surface area (Å²) >= 11 is 0. The minimum Gasteiger partial charge on any atom is -0.467 e. The number of carbonyl (C=O) groups excluding carboxylic acids is 1. The maximum absolute atomic E-state index is 11.6. The van der Waals surface area contributed by atoms with Crippen molar-refractivity contribution in [1.29, 1.82) is 0 Å². The SMILES string of the molecule is CCOC(=O)c1ccoc1CN(CC)CC. The van der Waals surface area contributed by atoms with Gasteiger partial charge in [-0.05, 0) is 26.1 Å². The second-order valence-electron chi connectivity index (χ2n) is 3.44. The van der Waals surface area contributed by atoms with Gasteiger partial charge in [0.15, 0.2) is 0 Å². The van der Waals surface area contributed by atoms with Crippen molar-refractivity contribution in [2.24, 2.45) is 0 Å². The lowest BCUT2D eigenvalue weighted by molar-refractivity contribution is 0.0522. The zero-order valence-corrected chi connectivity index (χ0v) is 10.2. The summed E-state index contributed by atoms with van der Waals surface area (Å²) in [5.41, 5.74) is 0.536. The maximum atomic E-state index is 11.6. The van der Waals surface area contributed by atoms with E-state index in [1.807, 2.05) is 0 Å². The quantitative estimate of drug-likeness (QED) is 0.697. The summed E-state index contributed by atoms with van der Waals surface area (Å²) < 4.78 is 10.3. The molecule has 0 amide bonds. The van der Waals surface area contributed by atoms with E-state index in [0.29, 0.717) is 24.5 Å². The molecular formula is C12H19NO3. The Hall–Kier alpha value is -1.29. The Morgan fingerprint density at radius 3 is 2.62 bits per heavy atom. The molecule has 90 valence electrons. The Morgan fingerprint density at radius 1 is 1.38 bits per heavy atom. The van der Waals surface area contributed by atoms with E-state index in [1.165, 1.54) is 6.26 Å². The van der Waals surface area contributed by atoms with Crippen molar-refractivity contribution in [2.75, 3.05) is 19.7 Å². The first-order valence-electron chi connectivity index (χ1n) is 5.68. The lowest BCUT2D eigenvalue weighted by atomic mass is 10.2. The van der Waals surface area contributed by atoms with Crippen molar-refractivity contribution < 1.29 is 13.9 Å². The minimum absolute atomic E-state index is 0.307. The van der Waals surface area contributed by atoms with Gasteiger partial charge in [0.25, 0.3) is 0 Å². The Labute approximate surface area is 96.2 Å². The molecule has 0 aliphatic heterocycles. The molecule has 0 saturated heterocycles. The summed E-state index contributed by atoms with van der Waals surface area (Å²) in [5, 5.41) is 0. The molecule has 0 unspecified atom stereocenters. The third-order valence-corrected chi connectivity index (χ3v) is 2.50. The number of hydrogen-bond donors (Lipinski definition) is 0. The second kappa shape index (κ2) is 6.33. The molecule has 0 aliphatic rings. The molecule has 0 aliphatic carbocycles. The van der Waals surface area contributed by atoms with E-state index in [0.717, 1.165) is 13.1 Å². The Bertz CT molecular complexity index is 329. The summed E-state index contributed by atoms with van der Waals surface area (Å²) in [4.78, 5) is 13.8. The summed E-state index contributed by atoms with van der Waals surface area (Å²) in [7, 11) is 0. The van der Waals surface area contributed by atoms with Crippen molar-refractivity contribution in [3.05, 3.63) is 23.7 Å². The van der Waals surface area contributed by atoms with Crippen LogP contribution in [-0.2, 0) is 11.3 Å². The summed E-state index contributed by atoms with van der Waals surface area (Å²) in [5.74, 6) is 0.376. The van der Waals surface area contributed by atoms with E-state index < -0.39 is 0 Å². The molecule has 4 nitrogen and oxygen atoms in total. The Kier molecular flexibility index (Phi) is 5.05. The van der Waals surface area contributed by atoms with Crippen LogP contribution < -0.4 is 0 Å². The molecule has 1 aromatic heterocycles. The average Bonchev–Trinajstić information content (AvgIpc) is 2.74. The summed E-state index contributed by atoms with van der Waals surface area (Å²) in [6.07, 6.45) is 1.53. The molecule has 0 radical (unpaired) electrons. The van der Waals surface area contributed by atoms with Crippen molar-refractivity contribution in [3.63, 3.8) is 0 Å². The van der Waals surface area contributed by atoms with Crippen LogP contribution in [0.3, 0.4) is 0 Å². The number of furan rings is 1. The van der Waals surface area contributed by atoms with E-state index in [9.17, 15) is 4.79 Å². The molecule has 1 aromatic rings. The fourth-order valence-electron chi connectivity index (χ4n) is 1.50. The maximum Gasteiger partial charge on any atom is 0.341 e. The molecule has 0 spiro atoms. The summed E-state index contributed by atoms with van der Waals surface area (Å²) in [6, 6.07) is 1.66. The molecule has 0 atom stereocenters. The smallest absolute Gasteiger partial charge is 0.341 e. The molecule has 0 aromatic carbocycles. The van der Waals surface area contributed by atoms with Crippen LogP contribution in [0.15, 0.2) is 16.7 Å². The highest BCUT2D eigenvalue weighted by molar-refractivity contribution is 5.90. The number of esters is 1. The monoisotopic (exact) mass is 225 g/mol. The standard InChI is InChI=1S/C12H19NO3/c1-4-13(5-2)9-11-10(7-8-16-11)12(14)15-6-3/h7-8H,4-6,9H2,1-3H3. The van der Waals surface area contributed by atoms with Gasteiger partial charge in [-0.3, -0.25) is 4.90 Å². The van der Waals surface area contributed by atoms with Crippen LogP contribution in [0.25, 0.3) is 0 Å². The normalized spacial score (nSPS) is 10.8. The number of ether oxygens (including phenoxy) is 1. The lowest BCUT2D eigenvalue weighted by Crippen LogP contribution is -2.23. The molecule has 0 fully saturated rings. The van der Waals surface area contributed by atoms with Gasteiger partial charge in [-0.25, -0.2) is 4.79 Å². The van der Waals surface area contributed by atoms with Crippen molar-refractivity contribution >= 4 is 5.97 Å².